The van der Waals surface area contributed by atoms with Crippen molar-refractivity contribution in [1.82, 2.24) is 0 Å². The molecular weight excluding hydrogens is 326 g/mol. The third kappa shape index (κ3) is 1.48. The quantitative estimate of drug-likeness (QED) is 0.417. The summed E-state index contributed by atoms with van der Waals surface area (Å²) >= 11 is 0. The van der Waals surface area contributed by atoms with Crippen LogP contribution in [0.25, 0.3) is 0 Å². The van der Waals surface area contributed by atoms with Crippen molar-refractivity contribution in [2.45, 2.75) is 80.6 Å². The molecule has 6 atom stereocenters. The van der Waals surface area contributed by atoms with E-state index in [0.29, 0.717) is 10.8 Å². The summed E-state index contributed by atoms with van der Waals surface area (Å²) < 4.78 is 0. The molecule has 0 N–H and O–H groups in total. The van der Waals surface area contributed by atoms with Crippen LogP contribution >= 0.6 is 15.8 Å². The zero-order chi connectivity index (χ0) is 17.9. The third-order valence-corrected chi connectivity index (χ3v) is 15.7. The molecule has 4 rings (SSSR count). The molecule has 0 aromatic rings. The lowest BCUT2D eigenvalue weighted by atomic mass is 9.72. The molecule has 0 fully saturated rings. The molecule has 0 aromatic carbocycles. The number of rotatable bonds is 1. The van der Waals surface area contributed by atoms with Gasteiger partial charge in [0.15, 0.2) is 0 Å². The zero-order valence-electron chi connectivity index (χ0n) is 17.0. The smallest absolute Gasteiger partial charge is 0.0173 e. The molecule has 0 saturated heterocycles. The summed E-state index contributed by atoms with van der Waals surface area (Å²) in [6.07, 6.45) is 0. The molecule has 4 bridgehead atoms. The Morgan fingerprint density at radius 1 is 0.583 bits per heavy atom. The molecule has 0 spiro atoms. The van der Waals surface area contributed by atoms with Crippen LogP contribution in [0.2, 0.25) is 0 Å². The second-order valence-electron chi connectivity index (χ2n) is 8.86. The van der Waals surface area contributed by atoms with Gasteiger partial charge in [-0.05, 0) is 90.0 Å². The summed E-state index contributed by atoms with van der Waals surface area (Å²) in [4.78, 5) is 0. The Labute approximate surface area is 151 Å². The fourth-order valence-electron chi connectivity index (χ4n) is 6.19. The van der Waals surface area contributed by atoms with Crippen molar-refractivity contribution in [3.05, 3.63) is 43.5 Å². The van der Waals surface area contributed by atoms with Gasteiger partial charge in [-0.1, -0.05) is 50.0 Å². The van der Waals surface area contributed by atoms with E-state index in [-0.39, 0.29) is 15.8 Å². The average molecular weight is 358 g/mol. The van der Waals surface area contributed by atoms with Gasteiger partial charge >= 0.3 is 0 Å². The van der Waals surface area contributed by atoms with Gasteiger partial charge in [0, 0.05) is 10.8 Å². The fourth-order valence-corrected chi connectivity index (χ4v) is 14.4. The van der Waals surface area contributed by atoms with Gasteiger partial charge in [-0.3, -0.25) is 0 Å². The summed E-state index contributed by atoms with van der Waals surface area (Å²) in [5, 5.41) is 7.12. The number of hydrogen-bond acceptors (Lipinski definition) is 0. The molecule has 4 aliphatic heterocycles. The molecule has 4 heterocycles. The SMILES string of the molecule is CC1=C(C)[C@]2(C)C(C)=C(C3=C(C)[C@@]4(C)C(C)=C(C)[P@]3C4C)[P@@]1C2C. The van der Waals surface area contributed by atoms with E-state index in [1.807, 2.05) is 10.6 Å². The van der Waals surface area contributed by atoms with Gasteiger partial charge in [0.1, 0.15) is 0 Å². The maximum absolute atomic E-state index is 2.53. The summed E-state index contributed by atoms with van der Waals surface area (Å²) in [5.41, 5.74) is 9.04. The van der Waals surface area contributed by atoms with E-state index in [1.54, 1.807) is 32.9 Å². The second kappa shape index (κ2) is 4.75. The van der Waals surface area contributed by atoms with Crippen LogP contribution in [0.1, 0.15) is 69.2 Å². The largest absolute Gasteiger partial charge is 0.0589 e. The molecule has 2 heteroatoms. The van der Waals surface area contributed by atoms with Crippen LogP contribution < -0.4 is 0 Å². The lowest BCUT2D eigenvalue weighted by molar-refractivity contribution is 0.485. The molecule has 0 radical (unpaired) electrons. The standard InChI is InChI=1S/C22H32P2/c1-11-15(5)23-17(7)21(11,9)13(3)19(23)20-14(4)22(10)12(2)16(6)24(20)18(22)8/h17-18H,1-10H3/t17?,18?,21-,22-,23-,24-/m1/s1. The van der Waals surface area contributed by atoms with E-state index in [4.69, 9.17) is 0 Å². The molecule has 130 valence electrons. The minimum absolute atomic E-state index is 0.111. The van der Waals surface area contributed by atoms with Crippen LogP contribution in [0.4, 0.5) is 0 Å². The van der Waals surface area contributed by atoms with E-state index < -0.39 is 0 Å². The van der Waals surface area contributed by atoms with Crippen molar-refractivity contribution in [2.75, 3.05) is 0 Å². The molecule has 0 amide bonds. The molecule has 0 aromatic heterocycles. The van der Waals surface area contributed by atoms with Crippen molar-refractivity contribution in [2.24, 2.45) is 10.8 Å². The Morgan fingerprint density at radius 3 is 1.12 bits per heavy atom. The summed E-state index contributed by atoms with van der Waals surface area (Å²) in [6, 6.07) is 0. The van der Waals surface area contributed by atoms with Crippen molar-refractivity contribution < 1.29 is 0 Å². The maximum atomic E-state index is 2.53. The Morgan fingerprint density at radius 2 is 0.875 bits per heavy atom. The lowest BCUT2D eigenvalue weighted by Gasteiger charge is -2.33. The van der Waals surface area contributed by atoms with Crippen LogP contribution in [0, 0.1) is 10.8 Å². The fraction of sp³-hybridized carbons (Fsp3) is 0.636. The Balaban J connectivity index is 1.95. The molecular formula is C22H32P2. The van der Waals surface area contributed by atoms with Gasteiger partial charge in [-0.25, -0.2) is 0 Å². The van der Waals surface area contributed by atoms with E-state index in [9.17, 15) is 0 Å². The number of fused-ring (bicyclic) bond motifs is 4. The summed E-state index contributed by atoms with van der Waals surface area (Å²) in [6.45, 7) is 24.7. The van der Waals surface area contributed by atoms with Gasteiger partial charge in [0.25, 0.3) is 0 Å². The molecule has 0 nitrogen and oxygen atoms in total. The van der Waals surface area contributed by atoms with E-state index in [1.165, 1.54) is 0 Å². The van der Waals surface area contributed by atoms with E-state index in [0.717, 1.165) is 11.3 Å². The predicted octanol–water partition coefficient (Wildman–Crippen LogP) is 7.93. The predicted molar refractivity (Wildman–Crippen MR) is 111 cm³/mol. The van der Waals surface area contributed by atoms with Crippen molar-refractivity contribution in [1.29, 1.82) is 0 Å². The first-order chi connectivity index (χ1) is 11.0. The van der Waals surface area contributed by atoms with Crippen molar-refractivity contribution in [3.63, 3.8) is 0 Å². The molecule has 2 unspecified atom stereocenters. The van der Waals surface area contributed by atoms with Crippen LogP contribution in [0.3, 0.4) is 0 Å². The first-order valence-electron chi connectivity index (χ1n) is 9.39. The van der Waals surface area contributed by atoms with E-state index >= 15 is 0 Å². The van der Waals surface area contributed by atoms with Gasteiger partial charge in [0.05, 0.1) is 0 Å². The summed E-state index contributed by atoms with van der Waals surface area (Å²) in [7, 11) is -0.222. The van der Waals surface area contributed by atoms with Crippen molar-refractivity contribution >= 4 is 15.8 Å². The first-order valence-corrected chi connectivity index (χ1v) is 12.2. The topological polar surface area (TPSA) is 0 Å². The zero-order valence-corrected chi connectivity index (χ0v) is 18.8. The second-order valence-corrected chi connectivity index (χ2v) is 14.1. The maximum Gasteiger partial charge on any atom is 0.0173 e. The normalized spacial score (nSPS) is 47.2. The number of allylic oxidation sites excluding steroid dienone is 8. The van der Waals surface area contributed by atoms with Gasteiger partial charge in [-0.2, -0.15) is 0 Å². The van der Waals surface area contributed by atoms with Crippen LogP contribution in [0.5, 0.6) is 0 Å². The van der Waals surface area contributed by atoms with Crippen molar-refractivity contribution in [3.8, 4) is 0 Å². The van der Waals surface area contributed by atoms with Crippen LogP contribution in [-0.2, 0) is 0 Å². The highest BCUT2D eigenvalue weighted by molar-refractivity contribution is 7.73. The highest BCUT2D eigenvalue weighted by Gasteiger charge is 2.60. The Hall–Kier alpha value is -0.180. The Bertz CT molecular complexity index is 738. The minimum atomic E-state index is -0.111. The average Bonchev–Trinajstić information content (AvgIpc) is 3.00. The minimum Gasteiger partial charge on any atom is -0.0589 e. The molecule has 4 aliphatic rings. The monoisotopic (exact) mass is 358 g/mol. The van der Waals surface area contributed by atoms with Gasteiger partial charge < -0.3 is 0 Å². The Kier molecular flexibility index (Phi) is 3.41. The molecule has 24 heavy (non-hydrogen) atoms. The highest BCUT2D eigenvalue weighted by atomic mass is 31.1. The third-order valence-electron chi connectivity index (χ3n) is 8.79. The molecule has 0 saturated carbocycles. The highest BCUT2D eigenvalue weighted by Crippen LogP contribution is 2.86. The molecule has 0 aliphatic carbocycles. The number of hydrogen-bond donors (Lipinski definition) is 0. The van der Waals surface area contributed by atoms with Gasteiger partial charge in [-0.15, -0.1) is 0 Å². The summed E-state index contributed by atoms with van der Waals surface area (Å²) in [5.74, 6) is 0. The van der Waals surface area contributed by atoms with Crippen LogP contribution in [0.15, 0.2) is 43.5 Å². The van der Waals surface area contributed by atoms with Gasteiger partial charge in [0.2, 0.25) is 0 Å². The van der Waals surface area contributed by atoms with Crippen LogP contribution in [-0.4, -0.2) is 11.3 Å². The van der Waals surface area contributed by atoms with E-state index in [2.05, 4.69) is 69.2 Å². The lowest BCUT2D eigenvalue weighted by Crippen LogP contribution is -2.24. The first kappa shape index (κ1) is 17.2.